The molecule has 6 heterocycles. The molecule has 2 N–H and O–H groups in total. The van der Waals surface area contributed by atoms with Crippen LogP contribution in [0.15, 0.2) is 77.1 Å². The van der Waals surface area contributed by atoms with Gasteiger partial charge in [-0.25, -0.2) is 18.7 Å². The second-order valence-corrected chi connectivity index (χ2v) is 15.1. The number of pyridine rings is 6. The van der Waals surface area contributed by atoms with E-state index in [0.717, 1.165) is 31.0 Å². The molecule has 12 nitrogen and oxygen atoms in total. The molecule has 0 bridgehead atoms. The van der Waals surface area contributed by atoms with Crippen molar-refractivity contribution in [2.75, 3.05) is 10.6 Å². The van der Waals surface area contributed by atoms with Crippen LogP contribution < -0.4 is 21.8 Å². The van der Waals surface area contributed by atoms with Crippen molar-refractivity contribution in [2.24, 2.45) is 30.7 Å². The van der Waals surface area contributed by atoms with Crippen LogP contribution >= 0.6 is 0 Å². The van der Waals surface area contributed by atoms with E-state index in [9.17, 15) is 28.0 Å². The number of carbonyl (C=O) groups is 2. The fourth-order valence-electron chi connectivity index (χ4n) is 7.48. The Balaban J connectivity index is 1.01. The number of halogens is 2. The molecule has 0 aromatic carbocycles. The molecule has 2 unspecified atom stereocenters. The van der Waals surface area contributed by atoms with Crippen LogP contribution in [-0.2, 0) is 29.6 Å². The van der Waals surface area contributed by atoms with Crippen LogP contribution in [0.1, 0.15) is 36.8 Å². The van der Waals surface area contributed by atoms with E-state index in [1.54, 1.807) is 67.6 Å². The molecular formula is C41H36F2N8O4. The van der Waals surface area contributed by atoms with E-state index in [0.29, 0.717) is 68.4 Å². The Morgan fingerprint density at radius 1 is 0.800 bits per heavy atom. The van der Waals surface area contributed by atoms with E-state index < -0.39 is 23.8 Å². The molecular weight excluding hydrogens is 706 g/mol. The van der Waals surface area contributed by atoms with Crippen molar-refractivity contribution in [2.45, 2.75) is 51.7 Å². The summed E-state index contributed by atoms with van der Waals surface area (Å²) in [7, 11) is 1.65. The normalized spacial score (nSPS) is 20.1. The van der Waals surface area contributed by atoms with Crippen LogP contribution in [0.3, 0.4) is 0 Å². The number of anilines is 2. The summed E-state index contributed by atoms with van der Waals surface area (Å²) in [5.41, 5.74) is 3.75. The van der Waals surface area contributed by atoms with Gasteiger partial charge in [0, 0.05) is 95.7 Å². The van der Waals surface area contributed by atoms with Gasteiger partial charge in [-0.3, -0.25) is 29.1 Å². The minimum Gasteiger partial charge on any atom is -0.311 e. The highest BCUT2D eigenvalue weighted by molar-refractivity contribution is 5.96. The molecule has 6 aromatic heterocycles. The number of hydrogen-bond donors (Lipinski definition) is 2. The van der Waals surface area contributed by atoms with E-state index in [-0.39, 0.29) is 47.0 Å². The van der Waals surface area contributed by atoms with Crippen LogP contribution in [0, 0.1) is 36.4 Å². The van der Waals surface area contributed by atoms with Crippen molar-refractivity contribution >= 4 is 45.3 Å². The van der Waals surface area contributed by atoms with Crippen molar-refractivity contribution in [3.05, 3.63) is 105 Å². The number of carbonyl (C=O) groups excluding carboxylic acids is 2. The van der Waals surface area contributed by atoms with Gasteiger partial charge in [0.25, 0.3) is 11.1 Å². The lowest BCUT2D eigenvalue weighted by Gasteiger charge is -2.16. The number of alkyl halides is 1. The Labute approximate surface area is 312 Å². The lowest BCUT2D eigenvalue weighted by atomic mass is 9.97. The third-order valence-corrected chi connectivity index (χ3v) is 11.2. The number of nitrogens with one attached hydrogen (secondary N) is 2. The fourth-order valence-corrected chi connectivity index (χ4v) is 7.48. The van der Waals surface area contributed by atoms with Gasteiger partial charge < -0.3 is 19.8 Å². The molecule has 0 saturated heterocycles. The third-order valence-electron chi connectivity index (χ3n) is 11.2. The predicted octanol–water partition coefficient (Wildman–Crippen LogP) is 5.74. The number of fused-ring (bicyclic) bond motifs is 2. The average Bonchev–Trinajstić information content (AvgIpc) is 4.07. The molecule has 3 aliphatic rings. The lowest BCUT2D eigenvalue weighted by Crippen LogP contribution is -2.24. The van der Waals surface area contributed by atoms with Gasteiger partial charge in [-0.1, -0.05) is 0 Å². The molecule has 9 rings (SSSR count). The molecule has 4 atom stereocenters. The molecule has 3 aliphatic carbocycles. The third kappa shape index (κ3) is 6.55. The maximum Gasteiger partial charge on any atom is 0.259 e. The zero-order valence-corrected chi connectivity index (χ0v) is 30.1. The smallest absolute Gasteiger partial charge is 0.259 e. The number of aromatic nitrogens is 6. The summed E-state index contributed by atoms with van der Waals surface area (Å²) >= 11 is 0. The maximum absolute atomic E-state index is 14.6. The van der Waals surface area contributed by atoms with Crippen LogP contribution in [0.2, 0.25) is 0 Å². The molecule has 0 aliphatic heterocycles. The van der Waals surface area contributed by atoms with Gasteiger partial charge in [0.15, 0.2) is 0 Å². The van der Waals surface area contributed by atoms with Crippen molar-refractivity contribution in [3.8, 4) is 22.3 Å². The summed E-state index contributed by atoms with van der Waals surface area (Å²) in [5, 5.41) is 6.89. The van der Waals surface area contributed by atoms with Gasteiger partial charge >= 0.3 is 0 Å². The van der Waals surface area contributed by atoms with Crippen LogP contribution in [0.4, 0.5) is 20.4 Å². The second-order valence-electron chi connectivity index (χ2n) is 15.1. The second kappa shape index (κ2) is 13.3. The SMILES string of the molecule is Cc1c(F)cncc1-c1cc2cnc(NC(=O)C3CC3)cc2n(CC2CC2Cc2ccncc2-c2cc3cnc(NC(=O)[C@H]4C[C@H]4F)cc3n(C)c2=O)c1=O. The molecule has 278 valence electrons. The first-order valence-corrected chi connectivity index (χ1v) is 18.4. The largest absolute Gasteiger partial charge is 0.311 e. The van der Waals surface area contributed by atoms with E-state index in [1.165, 1.54) is 10.8 Å². The predicted molar refractivity (Wildman–Crippen MR) is 202 cm³/mol. The van der Waals surface area contributed by atoms with Crippen molar-refractivity contribution in [1.82, 2.24) is 29.1 Å². The Morgan fingerprint density at radius 2 is 1.45 bits per heavy atom. The summed E-state index contributed by atoms with van der Waals surface area (Å²) in [6, 6.07) is 8.72. The minimum absolute atomic E-state index is 0.0196. The molecule has 2 amide bonds. The quantitative estimate of drug-likeness (QED) is 0.180. The number of hydrogen-bond acceptors (Lipinski definition) is 8. The highest BCUT2D eigenvalue weighted by atomic mass is 19.1. The zero-order chi connectivity index (χ0) is 38.1. The van der Waals surface area contributed by atoms with Gasteiger partial charge in [-0.05, 0) is 80.2 Å². The Kier molecular flexibility index (Phi) is 8.35. The first-order chi connectivity index (χ1) is 26.5. The Morgan fingerprint density at radius 3 is 2.16 bits per heavy atom. The molecule has 0 radical (unpaired) electrons. The average molecular weight is 743 g/mol. The van der Waals surface area contributed by atoms with Crippen LogP contribution in [0.25, 0.3) is 44.1 Å². The summed E-state index contributed by atoms with van der Waals surface area (Å²) in [6.07, 6.45) is 11.4. The fraction of sp³-hybridized carbons (Fsp3) is 0.317. The van der Waals surface area contributed by atoms with E-state index in [4.69, 9.17) is 0 Å². The Hall–Kier alpha value is -6.18. The maximum atomic E-state index is 14.6. The van der Waals surface area contributed by atoms with Gasteiger partial charge in [-0.2, -0.15) is 0 Å². The van der Waals surface area contributed by atoms with Crippen molar-refractivity contribution < 1.29 is 18.4 Å². The number of aryl methyl sites for hydroxylation is 1. The van der Waals surface area contributed by atoms with Crippen molar-refractivity contribution in [3.63, 3.8) is 0 Å². The topological polar surface area (TPSA) is 154 Å². The molecule has 3 fully saturated rings. The van der Waals surface area contributed by atoms with Crippen LogP contribution in [0.5, 0.6) is 0 Å². The number of rotatable bonds is 10. The summed E-state index contributed by atoms with van der Waals surface area (Å²) in [6.45, 7) is 2.00. The lowest BCUT2D eigenvalue weighted by molar-refractivity contribution is -0.118. The molecule has 55 heavy (non-hydrogen) atoms. The molecule has 0 spiro atoms. The molecule has 6 aromatic rings. The van der Waals surface area contributed by atoms with Crippen molar-refractivity contribution in [1.29, 1.82) is 0 Å². The van der Waals surface area contributed by atoms with Gasteiger partial charge in [0.05, 0.1) is 23.1 Å². The van der Waals surface area contributed by atoms with E-state index in [1.807, 2.05) is 6.07 Å². The van der Waals surface area contributed by atoms with E-state index >= 15 is 0 Å². The number of nitrogens with zero attached hydrogens (tertiary/aromatic N) is 6. The monoisotopic (exact) mass is 742 g/mol. The molecule has 14 heteroatoms. The first-order valence-electron chi connectivity index (χ1n) is 18.4. The zero-order valence-electron chi connectivity index (χ0n) is 30.1. The number of amides is 2. The summed E-state index contributed by atoms with van der Waals surface area (Å²) < 4.78 is 31.2. The Bertz CT molecular complexity index is 2710. The highest BCUT2D eigenvalue weighted by Gasteiger charge is 2.44. The summed E-state index contributed by atoms with van der Waals surface area (Å²) in [5.74, 6) is -0.798. The standard InChI is InChI=1S/C41H36F2N8O4/c1-20-30(16-45-18-33(20)43)27-10-25-15-47-37(48-38(52)21-3-4-21)13-35(25)51(41(27)55)19-26-8-23(26)7-22-5-6-44-17-31(22)28-9-24-14-46-36(12-34(24)50(2)40(28)54)49-39(53)29-11-32(29)42/h5-6,9-10,12-18,21,23,26,29,32H,3-4,7-8,11,19H2,1-2H3,(H,46,49,53)(H,47,48,52)/t23?,26?,29-,32+/m0/s1. The first kappa shape index (κ1) is 34.6. The minimum atomic E-state index is -1.13. The highest BCUT2D eigenvalue weighted by Crippen LogP contribution is 2.44. The van der Waals surface area contributed by atoms with Gasteiger partial charge in [0.1, 0.15) is 23.6 Å². The van der Waals surface area contributed by atoms with E-state index in [2.05, 4.69) is 30.6 Å². The molecule has 3 saturated carbocycles. The summed E-state index contributed by atoms with van der Waals surface area (Å²) in [4.78, 5) is 70.1. The van der Waals surface area contributed by atoms with Gasteiger partial charge in [-0.15, -0.1) is 0 Å². The van der Waals surface area contributed by atoms with Gasteiger partial charge in [0.2, 0.25) is 11.8 Å². The van der Waals surface area contributed by atoms with Crippen LogP contribution in [-0.4, -0.2) is 47.1 Å².